The van der Waals surface area contributed by atoms with Gasteiger partial charge in [-0.25, -0.2) is 4.79 Å². The fourth-order valence-corrected chi connectivity index (χ4v) is 4.30. The highest BCUT2D eigenvalue weighted by molar-refractivity contribution is 5.82. The molecular formula is C22H36N2O6. The quantitative estimate of drug-likeness (QED) is 0.292. The molecule has 2 amide bonds. The fourth-order valence-electron chi connectivity index (χ4n) is 4.30. The van der Waals surface area contributed by atoms with E-state index in [1.54, 1.807) is 0 Å². The van der Waals surface area contributed by atoms with Crippen LogP contribution < -0.4 is 10.6 Å². The summed E-state index contributed by atoms with van der Waals surface area (Å²) in [7, 11) is 0. The normalized spacial score (nSPS) is 24.8. The number of ether oxygens (including phenoxy) is 2. The van der Waals surface area contributed by atoms with Gasteiger partial charge in [0, 0.05) is 13.0 Å². The lowest BCUT2D eigenvalue weighted by Gasteiger charge is -2.27. The van der Waals surface area contributed by atoms with Gasteiger partial charge in [-0.1, -0.05) is 25.5 Å². The highest BCUT2D eigenvalue weighted by Gasteiger charge is 2.47. The summed E-state index contributed by atoms with van der Waals surface area (Å²) in [5, 5.41) is 13.9. The molecule has 4 atom stereocenters. The van der Waals surface area contributed by atoms with Crippen LogP contribution in [0.5, 0.6) is 0 Å². The van der Waals surface area contributed by atoms with Crippen molar-refractivity contribution in [2.24, 2.45) is 11.8 Å². The minimum atomic E-state index is -0.758. The first-order valence-electron chi connectivity index (χ1n) is 11.2. The Morgan fingerprint density at radius 2 is 1.87 bits per heavy atom. The zero-order valence-corrected chi connectivity index (χ0v) is 17.9. The Hall–Kier alpha value is -2.09. The summed E-state index contributed by atoms with van der Waals surface area (Å²) in [6, 6.07) is 0. The van der Waals surface area contributed by atoms with Crippen LogP contribution in [0, 0.1) is 11.8 Å². The van der Waals surface area contributed by atoms with E-state index < -0.39 is 12.1 Å². The first-order valence-corrected chi connectivity index (χ1v) is 11.2. The molecule has 2 heterocycles. The van der Waals surface area contributed by atoms with E-state index in [-0.39, 0.29) is 31.1 Å². The molecule has 0 aromatic carbocycles. The van der Waals surface area contributed by atoms with Crippen LogP contribution in [-0.4, -0.2) is 55.0 Å². The second-order valence-corrected chi connectivity index (χ2v) is 8.09. The summed E-state index contributed by atoms with van der Waals surface area (Å²) < 4.78 is 11.3. The summed E-state index contributed by atoms with van der Waals surface area (Å²) in [6.45, 7) is 2.90. The maximum absolute atomic E-state index is 11.8. The fraction of sp³-hybridized carbons (Fsp3) is 0.773. The Morgan fingerprint density at radius 3 is 2.60 bits per heavy atom. The molecule has 2 aliphatic heterocycles. The Morgan fingerprint density at radius 1 is 1.10 bits per heavy atom. The van der Waals surface area contributed by atoms with Gasteiger partial charge in [0.25, 0.3) is 0 Å². The van der Waals surface area contributed by atoms with Crippen molar-refractivity contribution in [3.8, 4) is 0 Å². The van der Waals surface area contributed by atoms with E-state index in [2.05, 4.69) is 22.8 Å². The minimum Gasteiger partial charge on any atom is -0.481 e. The first-order chi connectivity index (χ1) is 14.5. The van der Waals surface area contributed by atoms with Crippen molar-refractivity contribution in [2.75, 3.05) is 19.7 Å². The van der Waals surface area contributed by atoms with Crippen LogP contribution in [0.15, 0.2) is 12.2 Å². The Bertz CT molecular complexity index is 594. The molecular weight excluding hydrogens is 388 g/mol. The van der Waals surface area contributed by atoms with Crippen molar-refractivity contribution < 1.29 is 29.0 Å². The molecule has 0 aromatic heterocycles. The van der Waals surface area contributed by atoms with Crippen molar-refractivity contribution in [2.45, 2.75) is 76.9 Å². The lowest BCUT2D eigenvalue weighted by Crippen LogP contribution is -2.37. The smallest absolute Gasteiger partial charge is 0.407 e. The number of carbonyl (C=O) groups excluding carboxylic acids is 2. The number of alkyl carbamates (subject to hydrolysis) is 1. The zero-order chi connectivity index (χ0) is 21.8. The van der Waals surface area contributed by atoms with Gasteiger partial charge >= 0.3 is 12.1 Å². The maximum atomic E-state index is 11.8. The molecule has 170 valence electrons. The number of amides is 2. The standard InChI is InChI=1S/C22H36N2O6/c1-2-3-13-23-20(25)15-24-22(28)29-14-12-17-16(18-10-11-19(17)30-18)8-6-4-5-7-9-21(26)27/h4,6,16-19H,2-3,5,7-15H2,1H3,(H,23,25)(H,24,28)(H,26,27)/b6-4-/t16-,17+,18-,19+/m1/s1. The van der Waals surface area contributed by atoms with Gasteiger partial charge in [0.05, 0.1) is 25.4 Å². The van der Waals surface area contributed by atoms with E-state index in [1.165, 1.54) is 0 Å². The number of carboxylic acid groups (broad SMARTS) is 1. The lowest BCUT2D eigenvalue weighted by atomic mass is 9.76. The van der Waals surface area contributed by atoms with Crippen molar-refractivity contribution in [3.05, 3.63) is 12.2 Å². The molecule has 2 fully saturated rings. The molecule has 2 bridgehead atoms. The zero-order valence-electron chi connectivity index (χ0n) is 17.9. The Kier molecular flexibility index (Phi) is 10.7. The van der Waals surface area contributed by atoms with Crippen molar-refractivity contribution in [1.82, 2.24) is 10.6 Å². The molecule has 0 unspecified atom stereocenters. The van der Waals surface area contributed by atoms with Gasteiger partial charge in [-0.05, 0) is 56.8 Å². The van der Waals surface area contributed by atoms with Crippen LogP contribution in [0.2, 0.25) is 0 Å². The summed E-state index contributed by atoms with van der Waals surface area (Å²) >= 11 is 0. The van der Waals surface area contributed by atoms with Crippen LogP contribution in [0.25, 0.3) is 0 Å². The second kappa shape index (κ2) is 13.3. The largest absolute Gasteiger partial charge is 0.481 e. The molecule has 2 aliphatic rings. The van der Waals surface area contributed by atoms with Crippen LogP contribution in [-0.2, 0) is 19.1 Å². The molecule has 2 rings (SSSR count). The van der Waals surface area contributed by atoms with Gasteiger partial charge in [-0.2, -0.15) is 0 Å². The number of hydrogen-bond acceptors (Lipinski definition) is 5. The number of unbranched alkanes of at least 4 members (excludes halogenated alkanes) is 2. The van der Waals surface area contributed by atoms with E-state index in [0.717, 1.165) is 44.9 Å². The number of fused-ring (bicyclic) bond motifs is 2. The van der Waals surface area contributed by atoms with Crippen LogP contribution in [0.1, 0.15) is 64.7 Å². The molecule has 2 saturated heterocycles. The van der Waals surface area contributed by atoms with Crippen LogP contribution >= 0.6 is 0 Å². The molecule has 3 N–H and O–H groups in total. The third-order valence-corrected chi connectivity index (χ3v) is 5.86. The van der Waals surface area contributed by atoms with Gasteiger partial charge in [0.2, 0.25) is 5.91 Å². The third-order valence-electron chi connectivity index (χ3n) is 5.86. The predicted molar refractivity (Wildman–Crippen MR) is 112 cm³/mol. The van der Waals surface area contributed by atoms with Gasteiger partial charge < -0.3 is 25.2 Å². The number of rotatable bonds is 14. The SMILES string of the molecule is CCCCNC(=O)CNC(=O)OCC[C@H]1[C@@H](C/C=C\CCCC(=O)O)[C@H]2CC[C@@H]1O2. The molecule has 8 nitrogen and oxygen atoms in total. The van der Waals surface area contributed by atoms with Crippen LogP contribution in [0.4, 0.5) is 4.79 Å². The van der Waals surface area contributed by atoms with Gasteiger partial charge in [-0.15, -0.1) is 0 Å². The van der Waals surface area contributed by atoms with E-state index in [1.807, 2.05) is 6.92 Å². The number of allylic oxidation sites excluding steroid dienone is 2. The summed E-state index contributed by atoms with van der Waals surface area (Å²) in [5.74, 6) is -0.198. The summed E-state index contributed by atoms with van der Waals surface area (Å²) in [5.41, 5.74) is 0. The number of hydrogen-bond donors (Lipinski definition) is 3. The minimum absolute atomic E-state index is 0.0743. The van der Waals surface area contributed by atoms with Crippen molar-refractivity contribution in [3.63, 3.8) is 0 Å². The monoisotopic (exact) mass is 424 g/mol. The van der Waals surface area contributed by atoms with E-state index in [0.29, 0.717) is 31.4 Å². The number of nitrogens with one attached hydrogen (secondary N) is 2. The molecule has 8 heteroatoms. The Balaban J connectivity index is 1.64. The third kappa shape index (κ3) is 8.34. The van der Waals surface area contributed by atoms with E-state index in [9.17, 15) is 14.4 Å². The molecule has 0 aromatic rings. The maximum Gasteiger partial charge on any atom is 0.407 e. The Labute approximate surface area is 178 Å². The second-order valence-electron chi connectivity index (χ2n) is 8.09. The summed E-state index contributed by atoms with van der Waals surface area (Å²) in [6.07, 6.45) is 11.4. The van der Waals surface area contributed by atoms with E-state index >= 15 is 0 Å². The number of carbonyl (C=O) groups is 3. The average Bonchev–Trinajstić information content (AvgIpc) is 3.31. The number of carboxylic acids is 1. The lowest BCUT2D eigenvalue weighted by molar-refractivity contribution is -0.137. The summed E-state index contributed by atoms with van der Waals surface area (Å²) in [4.78, 5) is 34.0. The molecule has 0 radical (unpaired) electrons. The van der Waals surface area contributed by atoms with E-state index in [4.69, 9.17) is 14.6 Å². The molecule has 0 saturated carbocycles. The van der Waals surface area contributed by atoms with Gasteiger partial charge in [0.15, 0.2) is 0 Å². The highest BCUT2D eigenvalue weighted by atomic mass is 16.5. The molecule has 0 spiro atoms. The van der Waals surface area contributed by atoms with Crippen molar-refractivity contribution in [1.29, 1.82) is 0 Å². The average molecular weight is 425 g/mol. The topological polar surface area (TPSA) is 114 Å². The highest BCUT2D eigenvalue weighted by Crippen LogP contribution is 2.46. The first kappa shape index (κ1) is 24.2. The molecule has 30 heavy (non-hydrogen) atoms. The van der Waals surface area contributed by atoms with Gasteiger partial charge in [0.1, 0.15) is 0 Å². The molecule has 0 aliphatic carbocycles. The van der Waals surface area contributed by atoms with Gasteiger partial charge in [-0.3, -0.25) is 9.59 Å². The van der Waals surface area contributed by atoms with Crippen LogP contribution in [0.3, 0.4) is 0 Å². The number of aliphatic carboxylic acids is 1. The van der Waals surface area contributed by atoms with Crippen molar-refractivity contribution >= 4 is 18.0 Å². The predicted octanol–water partition coefficient (Wildman–Crippen LogP) is 3.01.